The molecule has 1 amide bonds. The van der Waals surface area contributed by atoms with Gasteiger partial charge in [0.2, 0.25) is 5.91 Å². The van der Waals surface area contributed by atoms with Gasteiger partial charge in [-0.1, -0.05) is 19.4 Å². The molecule has 69 valence electrons. The number of rotatable bonds is 4. The van der Waals surface area contributed by atoms with Gasteiger partial charge in [-0.3, -0.25) is 4.79 Å². The van der Waals surface area contributed by atoms with Crippen LogP contribution in [-0.4, -0.2) is 5.91 Å². The molecule has 0 heterocycles. The molecule has 0 saturated heterocycles. The molecule has 2 nitrogen and oxygen atoms in total. The Hall–Kier alpha value is -1.31. The number of primary amides is 1. The average molecular weight is 176 g/mol. The zero-order valence-corrected chi connectivity index (χ0v) is 7.84. The van der Waals surface area contributed by atoms with Crippen LogP contribution in [0.15, 0.2) is 18.2 Å². The number of nitrogens with two attached hydrogens (primary N) is 1. The number of carbonyl (C=O) groups excluding carboxylic acids is 1. The van der Waals surface area contributed by atoms with Crippen LogP contribution >= 0.6 is 0 Å². The molecular weight excluding hydrogens is 162 g/mol. The summed E-state index contributed by atoms with van der Waals surface area (Å²) in [6, 6.07) is 8.38. The quantitative estimate of drug-likeness (QED) is 0.748. The average Bonchev–Trinajstić information content (AvgIpc) is 2.15. The highest BCUT2D eigenvalue weighted by Crippen LogP contribution is 2.06. The summed E-state index contributed by atoms with van der Waals surface area (Å²) in [5, 5.41) is 0. The van der Waals surface area contributed by atoms with Gasteiger partial charge in [0, 0.05) is 5.56 Å². The lowest BCUT2D eigenvalue weighted by atomic mass is 10.1. The molecule has 0 atom stereocenters. The summed E-state index contributed by atoms with van der Waals surface area (Å²) in [5.41, 5.74) is 6.78. The zero-order chi connectivity index (χ0) is 9.68. The molecule has 0 aliphatic carbocycles. The Labute approximate surface area is 78.8 Å². The van der Waals surface area contributed by atoms with Crippen molar-refractivity contribution in [1.29, 1.82) is 0 Å². The minimum Gasteiger partial charge on any atom is -0.366 e. The molecule has 2 heteroatoms. The van der Waals surface area contributed by atoms with E-state index in [4.69, 9.17) is 5.73 Å². The minimum atomic E-state index is -0.390. The molecule has 13 heavy (non-hydrogen) atoms. The van der Waals surface area contributed by atoms with Gasteiger partial charge in [-0.15, -0.1) is 0 Å². The summed E-state index contributed by atoms with van der Waals surface area (Å²) < 4.78 is 0. The van der Waals surface area contributed by atoms with Gasteiger partial charge in [-0.25, -0.2) is 0 Å². The van der Waals surface area contributed by atoms with E-state index >= 15 is 0 Å². The van der Waals surface area contributed by atoms with Crippen molar-refractivity contribution in [1.82, 2.24) is 0 Å². The van der Waals surface area contributed by atoms with E-state index < -0.39 is 5.91 Å². The Bertz CT molecular complexity index is 277. The van der Waals surface area contributed by atoms with Crippen LogP contribution in [0, 0.1) is 6.07 Å². The Balaban J connectivity index is 2.64. The molecule has 1 radical (unpaired) electrons. The van der Waals surface area contributed by atoms with E-state index in [1.165, 1.54) is 6.42 Å². The first-order valence-electron chi connectivity index (χ1n) is 4.54. The first kappa shape index (κ1) is 9.78. The fourth-order valence-corrected chi connectivity index (χ4v) is 1.13. The monoisotopic (exact) mass is 176 g/mol. The van der Waals surface area contributed by atoms with Crippen molar-refractivity contribution in [2.75, 3.05) is 0 Å². The van der Waals surface area contributed by atoms with E-state index in [1.807, 2.05) is 6.07 Å². The van der Waals surface area contributed by atoms with Crippen molar-refractivity contribution in [2.45, 2.75) is 26.2 Å². The molecule has 2 N–H and O–H groups in total. The third-order valence-electron chi connectivity index (χ3n) is 1.96. The van der Waals surface area contributed by atoms with Crippen molar-refractivity contribution in [3.05, 3.63) is 35.4 Å². The first-order valence-corrected chi connectivity index (χ1v) is 4.54. The Morgan fingerprint density at radius 3 is 2.77 bits per heavy atom. The summed E-state index contributed by atoms with van der Waals surface area (Å²) >= 11 is 0. The van der Waals surface area contributed by atoms with Crippen molar-refractivity contribution in [3.63, 3.8) is 0 Å². The van der Waals surface area contributed by atoms with Gasteiger partial charge in [-0.2, -0.15) is 0 Å². The standard InChI is InChI=1S/C11H14NO/c1-2-3-4-9-5-7-10(8-6-9)11(12)13/h5,7-8H,2-4H2,1H3,(H2,12,13). The van der Waals surface area contributed by atoms with Gasteiger partial charge in [0.25, 0.3) is 0 Å². The van der Waals surface area contributed by atoms with E-state index in [0.717, 1.165) is 18.4 Å². The van der Waals surface area contributed by atoms with Crippen LogP contribution < -0.4 is 5.73 Å². The number of benzene rings is 1. The van der Waals surface area contributed by atoms with E-state index in [2.05, 4.69) is 13.0 Å². The van der Waals surface area contributed by atoms with Gasteiger partial charge in [0.05, 0.1) is 0 Å². The molecule has 1 aromatic rings. The maximum absolute atomic E-state index is 10.7. The predicted octanol–water partition coefficient (Wildman–Crippen LogP) is 1.93. The highest BCUT2D eigenvalue weighted by atomic mass is 16.1. The van der Waals surface area contributed by atoms with Crippen LogP contribution in [-0.2, 0) is 6.42 Å². The smallest absolute Gasteiger partial charge is 0.248 e. The summed E-state index contributed by atoms with van der Waals surface area (Å²) in [4.78, 5) is 10.7. The largest absolute Gasteiger partial charge is 0.366 e. The van der Waals surface area contributed by atoms with Crippen LogP contribution in [0.5, 0.6) is 0 Å². The second kappa shape index (κ2) is 4.65. The van der Waals surface area contributed by atoms with Gasteiger partial charge in [0.1, 0.15) is 0 Å². The zero-order valence-electron chi connectivity index (χ0n) is 7.84. The summed E-state index contributed by atoms with van der Waals surface area (Å²) in [6.45, 7) is 2.15. The molecule has 0 fully saturated rings. The molecule has 1 rings (SSSR count). The number of amides is 1. The van der Waals surface area contributed by atoms with E-state index in [1.54, 1.807) is 12.1 Å². The Morgan fingerprint density at radius 1 is 1.54 bits per heavy atom. The lowest BCUT2D eigenvalue weighted by Gasteiger charge is -1.99. The summed E-state index contributed by atoms with van der Waals surface area (Å²) in [7, 11) is 0. The molecule has 0 bridgehead atoms. The number of aryl methyl sites for hydroxylation is 1. The molecule has 0 unspecified atom stereocenters. The summed E-state index contributed by atoms with van der Waals surface area (Å²) in [6.07, 6.45) is 3.35. The van der Waals surface area contributed by atoms with Crippen molar-refractivity contribution < 1.29 is 4.79 Å². The third kappa shape index (κ3) is 2.90. The van der Waals surface area contributed by atoms with Gasteiger partial charge in [-0.05, 0) is 36.6 Å². The maximum atomic E-state index is 10.7. The van der Waals surface area contributed by atoms with Crippen LogP contribution in [0.25, 0.3) is 0 Å². The van der Waals surface area contributed by atoms with Crippen molar-refractivity contribution in [2.24, 2.45) is 5.73 Å². The van der Waals surface area contributed by atoms with E-state index in [9.17, 15) is 4.79 Å². The summed E-state index contributed by atoms with van der Waals surface area (Å²) in [5.74, 6) is -0.390. The number of hydrogen-bond acceptors (Lipinski definition) is 1. The van der Waals surface area contributed by atoms with Crippen molar-refractivity contribution >= 4 is 5.91 Å². The van der Waals surface area contributed by atoms with E-state index in [-0.39, 0.29) is 0 Å². The first-order chi connectivity index (χ1) is 6.24. The maximum Gasteiger partial charge on any atom is 0.248 e. The van der Waals surface area contributed by atoms with Crippen LogP contribution in [0.2, 0.25) is 0 Å². The molecular formula is C11H14NO. The SMILES string of the molecule is CCCCc1[c]cc(C(N)=O)cc1. The predicted molar refractivity (Wildman–Crippen MR) is 52.4 cm³/mol. The van der Waals surface area contributed by atoms with Crippen LogP contribution in [0.1, 0.15) is 35.7 Å². The molecule has 1 aromatic carbocycles. The van der Waals surface area contributed by atoms with Gasteiger partial charge >= 0.3 is 0 Å². The molecule has 0 aromatic heterocycles. The fourth-order valence-electron chi connectivity index (χ4n) is 1.13. The topological polar surface area (TPSA) is 43.1 Å². The van der Waals surface area contributed by atoms with Gasteiger partial charge in [0.15, 0.2) is 0 Å². The Kier molecular flexibility index (Phi) is 3.50. The number of hydrogen-bond donors (Lipinski definition) is 1. The van der Waals surface area contributed by atoms with E-state index in [0.29, 0.717) is 5.56 Å². The highest BCUT2D eigenvalue weighted by molar-refractivity contribution is 5.92. The molecule has 0 aliphatic rings. The molecule has 0 saturated carbocycles. The molecule has 0 aliphatic heterocycles. The normalized spacial score (nSPS) is 9.92. The van der Waals surface area contributed by atoms with Gasteiger partial charge < -0.3 is 5.73 Å². The Morgan fingerprint density at radius 2 is 2.31 bits per heavy atom. The lowest BCUT2D eigenvalue weighted by molar-refractivity contribution is 0.100. The number of carbonyl (C=O) groups is 1. The number of unbranched alkanes of at least 4 members (excludes halogenated alkanes) is 1. The molecule has 0 spiro atoms. The van der Waals surface area contributed by atoms with Crippen LogP contribution in [0.4, 0.5) is 0 Å². The second-order valence-corrected chi connectivity index (χ2v) is 3.07. The van der Waals surface area contributed by atoms with Crippen LogP contribution in [0.3, 0.4) is 0 Å². The fraction of sp³-hybridized carbons (Fsp3) is 0.364. The van der Waals surface area contributed by atoms with Crippen molar-refractivity contribution in [3.8, 4) is 0 Å². The lowest BCUT2D eigenvalue weighted by Crippen LogP contribution is -2.10. The minimum absolute atomic E-state index is 0.390. The second-order valence-electron chi connectivity index (χ2n) is 3.07. The third-order valence-corrected chi connectivity index (χ3v) is 1.96. The highest BCUT2D eigenvalue weighted by Gasteiger charge is 1.99.